The fourth-order valence-corrected chi connectivity index (χ4v) is 5.44. The molecule has 2 aliphatic heterocycles. The van der Waals surface area contributed by atoms with Crippen molar-refractivity contribution >= 4 is 23.3 Å². The maximum absolute atomic E-state index is 13.4. The van der Waals surface area contributed by atoms with E-state index in [2.05, 4.69) is 5.32 Å². The van der Waals surface area contributed by atoms with Crippen LogP contribution in [0.15, 0.2) is 42.5 Å². The number of nitrogens with one attached hydrogen (secondary N) is 1. The van der Waals surface area contributed by atoms with Crippen molar-refractivity contribution in [3.8, 4) is 6.07 Å². The number of piperidine rings is 1. The fraction of sp³-hybridized carbons (Fsp3) is 0.423. The van der Waals surface area contributed by atoms with Crippen LogP contribution in [-0.2, 0) is 17.4 Å². The topological polar surface area (TPSA) is 102 Å². The number of nitriles is 1. The second kappa shape index (κ2) is 9.72. The number of aryl methyl sites for hydroxylation is 1. The summed E-state index contributed by atoms with van der Waals surface area (Å²) in [6.07, 6.45) is -2.88. The summed E-state index contributed by atoms with van der Waals surface area (Å²) in [5, 5.41) is 12.0. The normalized spacial score (nSPS) is 19.2. The van der Waals surface area contributed by atoms with E-state index in [1.54, 1.807) is 11.0 Å². The number of alkyl halides is 3. The third-order valence-electron chi connectivity index (χ3n) is 7.47. The lowest BCUT2D eigenvalue weighted by molar-refractivity contribution is -0.137. The van der Waals surface area contributed by atoms with Gasteiger partial charge in [0.2, 0.25) is 5.91 Å². The molecule has 3 N–H and O–H groups in total. The van der Waals surface area contributed by atoms with E-state index in [1.165, 1.54) is 12.1 Å². The molecule has 3 amide bonds. The molecule has 1 unspecified atom stereocenters. The standard InChI is InChI=1S/C26H28F3N5O2/c1-2-17-5-3-4-6-22(17)32-24(36)34-15-21(23(31)35)25(16-34)9-11-33(12-10-25)19-8-7-18(14-30)20(13-19)26(27,28)29/h3-8,13,21H,2,9-12,15-16H2,1H3,(H2,31,35)(H,32,36). The second-order valence-corrected chi connectivity index (χ2v) is 9.47. The van der Waals surface area contributed by atoms with Crippen molar-refractivity contribution in [3.63, 3.8) is 0 Å². The number of carbonyl (C=O) groups is 2. The summed E-state index contributed by atoms with van der Waals surface area (Å²) in [6.45, 7) is 3.35. The van der Waals surface area contributed by atoms with Crippen LogP contribution in [0.5, 0.6) is 0 Å². The van der Waals surface area contributed by atoms with Crippen LogP contribution in [0.25, 0.3) is 0 Å². The van der Waals surface area contributed by atoms with E-state index < -0.39 is 34.5 Å². The molecular weight excluding hydrogens is 471 g/mol. The number of carbonyl (C=O) groups excluding carboxylic acids is 2. The Labute approximate surface area is 207 Å². The average Bonchev–Trinajstić information content (AvgIpc) is 3.23. The number of primary amides is 1. The molecular formula is C26H28F3N5O2. The number of hydrogen-bond acceptors (Lipinski definition) is 4. The van der Waals surface area contributed by atoms with Gasteiger partial charge in [0.1, 0.15) is 0 Å². The number of anilines is 2. The molecule has 2 heterocycles. The molecule has 2 fully saturated rings. The Morgan fingerprint density at radius 2 is 1.89 bits per heavy atom. The zero-order valence-corrected chi connectivity index (χ0v) is 19.9. The fourth-order valence-electron chi connectivity index (χ4n) is 5.44. The SMILES string of the molecule is CCc1ccccc1NC(=O)N1CC(C(N)=O)C2(CCN(c3ccc(C#N)c(C(F)(F)F)c3)CC2)C1. The number of urea groups is 1. The maximum atomic E-state index is 13.4. The summed E-state index contributed by atoms with van der Waals surface area (Å²) in [7, 11) is 0. The molecule has 36 heavy (non-hydrogen) atoms. The molecule has 1 spiro atoms. The van der Waals surface area contributed by atoms with Gasteiger partial charge in [-0.2, -0.15) is 18.4 Å². The Morgan fingerprint density at radius 1 is 1.19 bits per heavy atom. The third kappa shape index (κ3) is 4.83. The summed E-state index contributed by atoms with van der Waals surface area (Å²) >= 11 is 0. The summed E-state index contributed by atoms with van der Waals surface area (Å²) in [5.41, 5.74) is 5.91. The molecule has 0 radical (unpaired) electrons. The van der Waals surface area contributed by atoms with Crippen LogP contribution in [0.1, 0.15) is 36.5 Å². The predicted molar refractivity (Wildman–Crippen MR) is 129 cm³/mol. The molecule has 7 nitrogen and oxygen atoms in total. The number of halogens is 3. The van der Waals surface area contributed by atoms with Gasteiger partial charge in [-0.05, 0) is 49.1 Å². The van der Waals surface area contributed by atoms with Gasteiger partial charge in [-0.1, -0.05) is 25.1 Å². The number of rotatable bonds is 4. The smallest absolute Gasteiger partial charge is 0.371 e. The van der Waals surface area contributed by atoms with Gasteiger partial charge < -0.3 is 20.9 Å². The third-order valence-corrected chi connectivity index (χ3v) is 7.47. The Hall–Kier alpha value is -3.74. The largest absolute Gasteiger partial charge is 0.417 e. The van der Waals surface area contributed by atoms with Gasteiger partial charge in [-0.15, -0.1) is 0 Å². The minimum Gasteiger partial charge on any atom is -0.371 e. The van der Waals surface area contributed by atoms with Crippen LogP contribution in [0.2, 0.25) is 0 Å². The van der Waals surface area contributed by atoms with Crippen molar-refractivity contribution in [2.24, 2.45) is 17.1 Å². The van der Waals surface area contributed by atoms with Crippen molar-refractivity contribution in [1.29, 1.82) is 5.26 Å². The number of amides is 3. The first-order chi connectivity index (χ1) is 17.1. The van der Waals surface area contributed by atoms with Crippen molar-refractivity contribution in [1.82, 2.24) is 4.90 Å². The van der Waals surface area contributed by atoms with Crippen molar-refractivity contribution in [2.45, 2.75) is 32.4 Å². The van der Waals surface area contributed by atoms with Gasteiger partial charge in [0.25, 0.3) is 0 Å². The van der Waals surface area contributed by atoms with Gasteiger partial charge >= 0.3 is 12.2 Å². The van der Waals surface area contributed by atoms with Crippen molar-refractivity contribution < 1.29 is 22.8 Å². The quantitative estimate of drug-likeness (QED) is 0.652. The molecule has 2 aromatic carbocycles. The lowest BCUT2D eigenvalue weighted by Crippen LogP contribution is -2.47. The molecule has 0 aliphatic carbocycles. The van der Waals surface area contributed by atoms with E-state index in [4.69, 9.17) is 11.0 Å². The van der Waals surface area contributed by atoms with Crippen LogP contribution >= 0.6 is 0 Å². The first-order valence-electron chi connectivity index (χ1n) is 11.9. The Kier molecular flexibility index (Phi) is 6.85. The Morgan fingerprint density at radius 3 is 2.50 bits per heavy atom. The Balaban J connectivity index is 1.50. The van der Waals surface area contributed by atoms with Crippen LogP contribution < -0.4 is 16.0 Å². The van der Waals surface area contributed by atoms with E-state index >= 15 is 0 Å². The molecule has 4 rings (SSSR count). The minimum absolute atomic E-state index is 0.199. The van der Waals surface area contributed by atoms with E-state index in [0.29, 0.717) is 38.2 Å². The van der Waals surface area contributed by atoms with Crippen molar-refractivity contribution in [3.05, 3.63) is 59.2 Å². The lowest BCUT2D eigenvalue weighted by Gasteiger charge is -2.42. The number of likely N-dealkylation sites (tertiary alicyclic amines) is 1. The number of para-hydroxylation sites is 1. The zero-order valence-electron chi connectivity index (χ0n) is 19.9. The van der Waals surface area contributed by atoms with Gasteiger partial charge in [0.05, 0.1) is 23.1 Å². The van der Waals surface area contributed by atoms with Crippen LogP contribution in [0.3, 0.4) is 0 Å². The average molecular weight is 500 g/mol. The van der Waals surface area contributed by atoms with Crippen LogP contribution in [0, 0.1) is 22.7 Å². The number of nitrogens with two attached hydrogens (primary N) is 1. The molecule has 2 aliphatic rings. The number of benzene rings is 2. The van der Waals surface area contributed by atoms with Crippen LogP contribution in [-0.4, -0.2) is 43.0 Å². The Bertz CT molecular complexity index is 1200. The number of hydrogen-bond donors (Lipinski definition) is 2. The van der Waals surface area contributed by atoms with E-state index in [0.717, 1.165) is 23.7 Å². The number of nitrogens with zero attached hydrogens (tertiary/aromatic N) is 3. The van der Waals surface area contributed by atoms with E-state index in [-0.39, 0.29) is 12.6 Å². The second-order valence-electron chi connectivity index (χ2n) is 9.47. The lowest BCUT2D eigenvalue weighted by atomic mass is 9.70. The molecule has 10 heteroatoms. The molecule has 190 valence electrons. The highest BCUT2D eigenvalue weighted by Crippen LogP contribution is 2.46. The molecule has 2 saturated heterocycles. The van der Waals surface area contributed by atoms with Crippen LogP contribution in [0.4, 0.5) is 29.3 Å². The maximum Gasteiger partial charge on any atom is 0.417 e. The van der Waals surface area contributed by atoms with Gasteiger partial charge in [-0.25, -0.2) is 4.79 Å². The summed E-state index contributed by atoms with van der Waals surface area (Å²) < 4.78 is 40.3. The highest BCUT2D eigenvalue weighted by molar-refractivity contribution is 5.91. The molecule has 0 bridgehead atoms. The monoisotopic (exact) mass is 499 g/mol. The minimum atomic E-state index is -4.63. The summed E-state index contributed by atoms with van der Waals surface area (Å²) in [5.74, 6) is -1.02. The highest BCUT2D eigenvalue weighted by Gasteiger charge is 2.52. The summed E-state index contributed by atoms with van der Waals surface area (Å²) in [4.78, 5) is 28.9. The van der Waals surface area contributed by atoms with Gasteiger partial charge in [0, 0.05) is 43.0 Å². The van der Waals surface area contributed by atoms with Gasteiger partial charge in [0.15, 0.2) is 0 Å². The summed E-state index contributed by atoms with van der Waals surface area (Å²) in [6, 6.07) is 12.5. The van der Waals surface area contributed by atoms with Gasteiger partial charge in [-0.3, -0.25) is 4.79 Å². The van der Waals surface area contributed by atoms with E-state index in [9.17, 15) is 22.8 Å². The molecule has 0 aromatic heterocycles. The van der Waals surface area contributed by atoms with E-state index in [1.807, 2.05) is 36.1 Å². The highest BCUT2D eigenvalue weighted by atomic mass is 19.4. The first-order valence-corrected chi connectivity index (χ1v) is 11.9. The molecule has 2 aromatic rings. The molecule has 1 atom stereocenters. The molecule has 0 saturated carbocycles. The zero-order chi connectivity index (χ0) is 26.1. The first kappa shape index (κ1) is 25.4. The predicted octanol–water partition coefficient (Wildman–Crippen LogP) is 4.38. The van der Waals surface area contributed by atoms with Crippen molar-refractivity contribution in [2.75, 3.05) is 36.4 Å².